The second-order valence-corrected chi connectivity index (χ2v) is 3.84. The molecule has 18 heavy (non-hydrogen) atoms. The Kier molecular flexibility index (Phi) is 6.60. The minimum atomic E-state index is 0.126. The first kappa shape index (κ1) is 14.3. The van der Waals surface area contributed by atoms with Crippen LogP contribution in [0, 0.1) is 11.8 Å². The van der Waals surface area contributed by atoms with Gasteiger partial charge >= 0.3 is 0 Å². The zero-order valence-corrected chi connectivity index (χ0v) is 11.1. The number of hydrogen-bond donors (Lipinski definition) is 1. The van der Waals surface area contributed by atoms with Gasteiger partial charge in [-0.3, -0.25) is 10.1 Å². The summed E-state index contributed by atoms with van der Waals surface area (Å²) in [5.74, 6) is 6.16. The van der Waals surface area contributed by atoms with Gasteiger partial charge < -0.3 is 4.90 Å². The first-order chi connectivity index (χ1) is 8.77. The molecule has 0 heterocycles. The van der Waals surface area contributed by atoms with Crippen LogP contribution in [-0.2, 0) is 4.79 Å². The van der Waals surface area contributed by atoms with Crippen LogP contribution in [0.3, 0.4) is 0 Å². The van der Waals surface area contributed by atoms with Crippen molar-refractivity contribution in [3.05, 3.63) is 35.9 Å². The summed E-state index contributed by atoms with van der Waals surface area (Å²) in [5, 5.41) is 3.04. The second-order valence-electron chi connectivity index (χ2n) is 3.84. The molecule has 0 radical (unpaired) electrons. The standard InChI is InChI=1S/C15H20N2O/c1-3-17(4-2)15(18)13-16-12-8-11-14-9-6-5-7-10-14/h5-7,9-10,16H,3-4,12-13H2,1-2H3. The van der Waals surface area contributed by atoms with Crippen LogP contribution in [0.15, 0.2) is 30.3 Å². The molecule has 0 aliphatic rings. The maximum Gasteiger partial charge on any atom is 0.236 e. The Labute approximate surface area is 109 Å². The summed E-state index contributed by atoms with van der Waals surface area (Å²) in [5.41, 5.74) is 0.995. The number of benzene rings is 1. The molecule has 0 spiro atoms. The van der Waals surface area contributed by atoms with Crippen LogP contribution in [0.2, 0.25) is 0 Å². The summed E-state index contributed by atoms with van der Waals surface area (Å²) in [4.78, 5) is 13.5. The summed E-state index contributed by atoms with van der Waals surface area (Å²) in [6, 6.07) is 9.82. The van der Waals surface area contributed by atoms with Gasteiger partial charge in [-0.15, -0.1) is 0 Å². The van der Waals surface area contributed by atoms with Crippen LogP contribution in [0.5, 0.6) is 0 Å². The van der Waals surface area contributed by atoms with E-state index in [1.165, 1.54) is 0 Å². The Hall–Kier alpha value is -1.79. The fraction of sp³-hybridized carbons (Fsp3) is 0.400. The Morgan fingerprint density at radius 3 is 2.50 bits per heavy atom. The minimum Gasteiger partial charge on any atom is -0.342 e. The van der Waals surface area contributed by atoms with Gasteiger partial charge in [0.25, 0.3) is 0 Å². The van der Waals surface area contributed by atoms with Crippen LogP contribution in [-0.4, -0.2) is 37.0 Å². The summed E-state index contributed by atoms with van der Waals surface area (Å²) >= 11 is 0. The summed E-state index contributed by atoms with van der Waals surface area (Å²) in [6.07, 6.45) is 0. The Balaban J connectivity index is 2.27. The van der Waals surface area contributed by atoms with E-state index in [2.05, 4.69) is 17.2 Å². The molecule has 0 unspecified atom stereocenters. The van der Waals surface area contributed by atoms with Crippen molar-refractivity contribution in [2.75, 3.05) is 26.2 Å². The number of rotatable bonds is 5. The molecule has 0 aromatic heterocycles. The molecule has 0 saturated carbocycles. The van der Waals surface area contributed by atoms with Crippen LogP contribution in [0.1, 0.15) is 19.4 Å². The number of hydrogen-bond acceptors (Lipinski definition) is 2. The molecule has 1 aromatic carbocycles. The van der Waals surface area contributed by atoms with Crippen LogP contribution in [0.4, 0.5) is 0 Å². The molecule has 0 aliphatic heterocycles. The van der Waals surface area contributed by atoms with Crippen LogP contribution in [0.25, 0.3) is 0 Å². The van der Waals surface area contributed by atoms with E-state index in [0.29, 0.717) is 13.1 Å². The van der Waals surface area contributed by atoms with E-state index in [4.69, 9.17) is 0 Å². The average molecular weight is 244 g/mol. The van der Waals surface area contributed by atoms with Crippen molar-refractivity contribution in [3.63, 3.8) is 0 Å². The van der Waals surface area contributed by atoms with Gasteiger partial charge in [0.15, 0.2) is 0 Å². The van der Waals surface area contributed by atoms with Crippen molar-refractivity contribution in [1.29, 1.82) is 0 Å². The fourth-order valence-corrected chi connectivity index (χ4v) is 1.59. The van der Waals surface area contributed by atoms with E-state index in [9.17, 15) is 4.79 Å². The molecule has 0 fully saturated rings. The molecule has 0 atom stereocenters. The van der Waals surface area contributed by atoms with Crippen molar-refractivity contribution in [3.8, 4) is 11.8 Å². The predicted molar refractivity (Wildman–Crippen MR) is 74.1 cm³/mol. The van der Waals surface area contributed by atoms with E-state index in [1.807, 2.05) is 44.2 Å². The number of nitrogens with zero attached hydrogens (tertiary/aromatic N) is 1. The predicted octanol–water partition coefficient (Wildman–Crippen LogP) is 1.50. The number of carbonyl (C=O) groups excluding carboxylic acids is 1. The van der Waals surface area contributed by atoms with Crippen molar-refractivity contribution in [1.82, 2.24) is 10.2 Å². The maximum atomic E-state index is 11.7. The lowest BCUT2D eigenvalue weighted by molar-refractivity contribution is -0.129. The topological polar surface area (TPSA) is 32.3 Å². The van der Waals surface area contributed by atoms with E-state index in [-0.39, 0.29) is 5.91 Å². The van der Waals surface area contributed by atoms with Gasteiger partial charge in [-0.25, -0.2) is 0 Å². The Morgan fingerprint density at radius 1 is 1.22 bits per heavy atom. The molecule has 96 valence electrons. The normalized spacial score (nSPS) is 9.44. The lowest BCUT2D eigenvalue weighted by atomic mass is 10.2. The SMILES string of the molecule is CCN(CC)C(=O)CNCC#Cc1ccccc1. The number of likely N-dealkylation sites (N-methyl/N-ethyl adjacent to an activating group) is 1. The van der Waals surface area contributed by atoms with Gasteiger partial charge in [0.1, 0.15) is 0 Å². The maximum absolute atomic E-state index is 11.7. The third-order valence-electron chi connectivity index (χ3n) is 2.61. The summed E-state index contributed by atoms with van der Waals surface area (Å²) in [7, 11) is 0. The van der Waals surface area contributed by atoms with Gasteiger partial charge in [-0.05, 0) is 26.0 Å². The monoisotopic (exact) mass is 244 g/mol. The highest BCUT2D eigenvalue weighted by molar-refractivity contribution is 5.78. The van der Waals surface area contributed by atoms with Crippen LogP contribution < -0.4 is 5.32 Å². The molecule has 3 heteroatoms. The zero-order chi connectivity index (χ0) is 13.2. The quantitative estimate of drug-likeness (QED) is 0.629. The van der Waals surface area contributed by atoms with Gasteiger partial charge in [0.2, 0.25) is 5.91 Å². The molecule has 0 saturated heterocycles. The van der Waals surface area contributed by atoms with E-state index >= 15 is 0 Å². The van der Waals surface area contributed by atoms with Crippen molar-refractivity contribution in [2.24, 2.45) is 0 Å². The smallest absolute Gasteiger partial charge is 0.236 e. The minimum absolute atomic E-state index is 0.126. The Bertz CT molecular complexity index is 413. The molecule has 0 aliphatic carbocycles. The van der Waals surface area contributed by atoms with Gasteiger partial charge in [-0.2, -0.15) is 0 Å². The van der Waals surface area contributed by atoms with Gasteiger partial charge in [0, 0.05) is 18.7 Å². The van der Waals surface area contributed by atoms with Crippen molar-refractivity contribution < 1.29 is 4.79 Å². The first-order valence-electron chi connectivity index (χ1n) is 6.30. The lowest BCUT2D eigenvalue weighted by Gasteiger charge is -2.18. The lowest BCUT2D eigenvalue weighted by Crippen LogP contribution is -2.38. The first-order valence-corrected chi connectivity index (χ1v) is 6.30. The zero-order valence-electron chi connectivity index (χ0n) is 11.1. The molecule has 1 rings (SSSR count). The highest BCUT2D eigenvalue weighted by atomic mass is 16.2. The molecule has 1 aromatic rings. The van der Waals surface area contributed by atoms with E-state index < -0.39 is 0 Å². The Morgan fingerprint density at radius 2 is 1.89 bits per heavy atom. The number of amides is 1. The number of carbonyl (C=O) groups is 1. The van der Waals surface area contributed by atoms with Gasteiger partial charge in [-0.1, -0.05) is 30.0 Å². The molecular weight excluding hydrogens is 224 g/mol. The molecule has 1 amide bonds. The fourth-order valence-electron chi connectivity index (χ4n) is 1.59. The van der Waals surface area contributed by atoms with E-state index in [0.717, 1.165) is 18.7 Å². The molecule has 3 nitrogen and oxygen atoms in total. The largest absolute Gasteiger partial charge is 0.342 e. The third kappa shape index (κ3) is 5.03. The van der Waals surface area contributed by atoms with Gasteiger partial charge in [0.05, 0.1) is 13.1 Å². The van der Waals surface area contributed by atoms with E-state index in [1.54, 1.807) is 4.90 Å². The average Bonchev–Trinajstić information content (AvgIpc) is 2.41. The van der Waals surface area contributed by atoms with Crippen LogP contribution >= 0.6 is 0 Å². The third-order valence-corrected chi connectivity index (χ3v) is 2.61. The molecule has 0 bridgehead atoms. The highest BCUT2D eigenvalue weighted by Crippen LogP contribution is 1.94. The molecule has 1 N–H and O–H groups in total. The number of nitrogens with one attached hydrogen (secondary N) is 1. The van der Waals surface area contributed by atoms with Crippen molar-refractivity contribution in [2.45, 2.75) is 13.8 Å². The molecular formula is C15H20N2O. The van der Waals surface area contributed by atoms with Crippen molar-refractivity contribution >= 4 is 5.91 Å². The highest BCUT2D eigenvalue weighted by Gasteiger charge is 2.07. The summed E-state index contributed by atoms with van der Waals surface area (Å²) in [6.45, 7) is 6.36. The summed E-state index contributed by atoms with van der Waals surface area (Å²) < 4.78 is 0. The second kappa shape index (κ2) is 8.32.